The molecule has 1 rings (SSSR count). The highest BCUT2D eigenvalue weighted by atomic mass is 32.2. The smallest absolute Gasteiger partial charge is 0.0717 e. The molecule has 0 spiro atoms. The van der Waals surface area contributed by atoms with Crippen molar-refractivity contribution in [2.45, 2.75) is 30.8 Å². The fraction of sp³-hybridized carbons (Fsp3) is 0.833. The Morgan fingerprint density at radius 1 is 1.25 bits per heavy atom. The van der Waals surface area contributed by atoms with E-state index in [2.05, 4.69) is 18.9 Å². The zero-order chi connectivity index (χ0) is 5.98. The largest absolute Gasteiger partial charge is 0.142 e. The van der Waals surface area contributed by atoms with Gasteiger partial charge in [0.1, 0.15) is 0 Å². The summed E-state index contributed by atoms with van der Waals surface area (Å²) in [6.07, 6.45) is 1.37. The van der Waals surface area contributed by atoms with Crippen LogP contribution in [0.2, 0.25) is 0 Å². The van der Waals surface area contributed by atoms with Crippen LogP contribution in [0.3, 0.4) is 0 Å². The summed E-state index contributed by atoms with van der Waals surface area (Å²) in [6.45, 7) is 4.58. The SMILES string of the molecule is CC1CC(C)S[CH]S1. The van der Waals surface area contributed by atoms with Crippen molar-refractivity contribution in [3.05, 3.63) is 5.08 Å². The van der Waals surface area contributed by atoms with Crippen molar-refractivity contribution in [3.63, 3.8) is 0 Å². The second-order valence-electron chi connectivity index (χ2n) is 2.23. The van der Waals surface area contributed by atoms with Gasteiger partial charge in [-0.3, -0.25) is 0 Å². The normalized spacial score (nSPS) is 39.8. The summed E-state index contributed by atoms with van der Waals surface area (Å²) in [5, 5.41) is 3.97. The second-order valence-corrected chi connectivity index (χ2v) is 5.15. The molecule has 0 aromatic rings. The van der Waals surface area contributed by atoms with Gasteiger partial charge in [-0.25, -0.2) is 0 Å². The number of hydrogen-bond donors (Lipinski definition) is 0. The third-order valence-corrected chi connectivity index (χ3v) is 3.44. The van der Waals surface area contributed by atoms with E-state index in [1.807, 2.05) is 23.5 Å². The minimum Gasteiger partial charge on any atom is -0.142 e. The maximum Gasteiger partial charge on any atom is 0.0717 e. The van der Waals surface area contributed by atoms with Gasteiger partial charge in [-0.05, 0) is 6.42 Å². The van der Waals surface area contributed by atoms with Gasteiger partial charge < -0.3 is 0 Å². The summed E-state index contributed by atoms with van der Waals surface area (Å²) in [5.41, 5.74) is 0. The van der Waals surface area contributed by atoms with Gasteiger partial charge in [-0.1, -0.05) is 13.8 Å². The minimum atomic E-state index is 0.853. The molecule has 1 radical (unpaired) electrons. The third-order valence-electron chi connectivity index (χ3n) is 1.24. The molecular weight excluding hydrogens is 136 g/mol. The van der Waals surface area contributed by atoms with Crippen LogP contribution in [-0.2, 0) is 0 Å². The van der Waals surface area contributed by atoms with Gasteiger partial charge in [-0.2, -0.15) is 0 Å². The Hall–Kier alpha value is 0.700. The summed E-state index contributed by atoms with van der Waals surface area (Å²) >= 11 is 3.92. The predicted molar refractivity (Wildman–Crippen MR) is 43.0 cm³/mol. The molecule has 2 atom stereocenters. The van der Waals surface area contributed by atoms with Gasteiger partial charge in [0, 0.05) is 10.5 Å². The zero-order valence-electron chi connectivity index (χ0n) is 5.26. The second kappa shape index (κ2) is 3.02. The fourth-order valence-electron chi connectivity index (χ4n) is 0.800. The van der Waals surface area contributed by atoms with E-state index >= 15 is 0 Å². The van der Waals surface area contributed by atoms with E-state index in [9.17, 15) is 0 Å². The van der Waals surface area contributed by atoms with E-state index in [1.165, 1.54) is 6.42 Å². The van der Waals surface area contributed by atoms with Gasteiger partial charge in [-0.15, -0.1) is 23.5 Å². The Kier molecular flexibility index (Phi) is 2.57. The number of rotatable bonds is 0. The van der Waals surface area contributed by atoms with E-state index in [4.69, 9.17) is 0 Å². The molecule has 0 saturated carbocycles. The quantitative estimate of drug-likeness (QED) is 0.517. The highest BCUT2D eigenvalue weighted by Crippen LogP contribution is 2.36. The lowest BCUT2D eigenvalue weighted by Gasteiger charge is -2.21. The first kappa shape index (κ1) is 6.81. The summed E-state index contributed by atoms with van der Waals surface area (Å²) in [7, 11) is 0. The molecule has 0 nitrogen and oxygen atoms in total. The molecular formula is C6H11S2. The first-order chi connectivity index (χ1) is 3.79. The Balaban J connectivity index is 2.23. The van der Waals surface area contributed by atoms with Crippen LogP contribution >= 0.6 is 23.5 Å². The van der Waals surface area contributed by atoms with Crippen molar-refractivity contribution >= 4 is 23.5 Å². The molecule has 0 aliphatic carbocycles. The molecule has 1 aliphatic rings. The van der Waals surface area contributed by atoms with Gasteiger partial charge >= 0.3 is 0 Å². The molecule has 47 valence electrons. The van der Waals surface area contributed by atoms with E-state index in [1.54, 1.807) is 0 Å². The standard InChI is InChI=1S/C6H11S2/c1-5-3-6(2)8-4-7-5/h4-6H,3H2,1-2H3. The zero-order valence-corrected chi connectivity index (χ0v) is 6.89. The molecule has 8 heavy (non-hydrogen) atoms. The molecule has 1 fully saturated rings. The molecule has 1 aliphatic heterocycles. The monoisotopic (exact) mass is 147 g/mol. The third kappa shape index (κ3) is 1.90. The van der Waals surface area contributed by atoms with Gasteiger partial charge in [0.25, 0.3) is 0 Å². The molecule has 0 aromatic carbocycles. The maximum atomic E-state index is 2.29. The van der Waals surface area contributed by atoms with Crippen LogP contribution in [0.4, 0.5) is 0 Å². The lowest BCUT2D eigenvalue weighted by Crippen LogP contribution is -2.09. The van der Waals surface area contributed by atoms with Crippen molar-refractivity contribution in [2.24, 2.45) is 0 Å². The van der Waals surface area contributed by atoms with Crippen LogP contribution in [0.1, 0.15) is 20.3 Å². The van der Waals surface area contributed by atoms with Crippen molar-refractivity contribution in [2.75, 3.05) is 0 Å². The molecule has 0 N–H and O–H groups in total. The predicted octanol–water partition coefficient (Wildman–Crippen LogP) is 2.75. The summed E-state index contributed by atoms with van der Waals surface area (Å²) in [5.74, 6) is 0. The van der Waals surface area contributed by atoms with Crippen molar-refractivity contribution in [1.29, 1.82) is 0 Å². The topological polar surface area (TPSA) is 0 Å². The highest BCUT2D eigenvalue weighted by molar-refractivity contribution is 8.20. The lowest BCUT2D eigenvalue weighted by molar-refractivity contribution is 0.802. The van der Waals surface area contributed by atoms with Crippen LogP contribution < -0.4 is 0 Å². The minimum absolute atomic E-state index is 0.853. The molecule has 0 amide bonds. The molecule has 2 unspecified atom stereocenters. The average Bonchev–Trinajstić information content (AvgIpc) is 1.64. The molecule has 1 saturated heterocycles. The van der Waals surface area contributed by atoms with Crippen LogP contribution in [0, 0.1) is 5.08 Å². The Morgan fingerprint density at radius 2 is 1.75 bits per heavy atom. The van der Waals surface area contributed by atoms with Crippen LogP contribution in [0.15, 0.2) is 0 Å². The van der Waals surface area contributed by atoms with Crippen LogP contribution in [0.5, 0.6) is 0 Å². The Bertz CT molecular complexity index is 64.9. The van der Waals surface area contributed by atoms with Crippen molar-refractivity contribution < 1.29 is 0 Å². The van der Waals surface area contributed by atoms with Gasteiger partial charge in [0.15, 0.2) is 0 Å². The molecule has 0 bridgehead atoms. The van der Waals surface area contributed by atoms with E-state index in [0.29, 0.717) is 0 Å². The number of hydrogen-bond acceptors (Lipinski definition) is 2. The van der Waals surface area contributed by atoms with Crippen molar-refractivity contribution in [3.8, 4) is 0 Å². The fourth-order valence-corrected chi connectivity index (χ4v) is 3.50. The summed E-state index contributed by atoms with van der Waals surface area (Å²) in [4.78, 5) is 0. The van der Waals surface area contributed by atoms with Crippen LogP contribution in [0.25, 0.3) is 0 Å². The first-order valence-corrected chi connectivity index (χ1v) is 4.80. The first-order valence-electron chi connectivity index (χ1n) is 2.91. The van der Waals surface area contributed by atoms with Gasteiger partial charge in [0.05, 0.1) is 5.08 Å². The summed E-state index contributed by atoms with van der Waals surface area (Å²) < 4.78 is 0. The van der Waals surface area contributed by atoms with E-state index in [-0.39, 0.29) is 0 Å². The average molecular weight is 147 g/mol. The highest BCUT2D eigenvalue weighted by Gasteiger charge is 2.15. The van der Waals surface area contributed by atoms with Crippen LogP contribution in [-0.4, -0.2) is 10.5 Å². The Morgan fingerprint density at radius 3 is 2.00 bits per heavy atom. The number of thioether (sulfide) groups is 2. The van der Waals surface area contributed by atoms with E-state index in [0.717, 1.165) is 10.5 Å². The molecule has 2 heteroatoms. The molecule has 0 aromatic heterocycles. The molecule has 1 heterocycles. The van der Waals surface area contributed by atoms with Gasteiger partial charge in [0.2, 0.25) is 0 Å². The maximum absolute atomic E-state index is 2.29. The van der Waals surface area contributed by atoms with Crippen molar-refractivity contribution in [1.82, 2.24) is 0 Å². The van der Waals surface area contributed by atoms with E-state index < -0.39 is 0 Å². The Labute approximate surface area is 59.8 Å². The lowest BCUT2D eigenvalue weighted by atomic mass is 10.3. The summed E-state index contributed by atoms with van der Waals surface area (Å²) in [6, 6.07) is 0.